The third-order valence-electron chi connectivity index (χ3n) is 2.68. The molecule has 0 heterocycles. The molecule has 0 saturated heterocycles. The van der Waals surface area contributed by atoms with Gasteiger partial charge in [0, 0.05) is 18.2 Å². The molecule has 0 aliphatic rings. The molecular weight excluding hydrogens is 256 g/mol. The Bertz CT molecular complexity index is 540. The summed E-state index contributed by atoms with van der Waals surface area (Å²) in [4.78, 5) is 9.89. The van der Waals surface area contributed by atoms with Crippen molar-refractivity contribution < 1.29 is 13.3 Å². The van der Waals surface area contributed by atoms with Crippen molar-refractivity contribution in [2.24, 2.45) is 5.92 Å². The topological polar surface area (TPSA) is 89.3 Å². The first kappa shape index (κ1) is 14.6. The van der Waals surface area contributed by atoms with Crippen molar-refractivity contribution in [3.05, 3.63) is 34.4 Å². The number of hydrogen-bond acceptors (Lipinski definition) is 4. The summed E-state index contributed by atoms with van der Waals surface area (Å²) in [6, 6.07) is 4.75. The molecule has 1 aromatic rings. The highest BCUT2D eigenvalue weighted by Gasteiger charge is 2.21. The van der Waals surface area contributed by atoms with E-state index >= 15 is 0 Å². The quantitative estimate of drug-likeness (QED) is 0.655. The van der Waals surface area contributed by atoms with Crippen LogP contribution in [0, 0.1) is 16.0 Å². The van der Waals surface area contributed by atoms with E-state index in [4.69, 9.17) is 0 Å². The first-order chi connectivity index (χ1) is 8.24. The summed E-state index contributed by atoms with van der Waals surface area (Å²) < 4.78 is 26.5. The van der Waals surface area contributed by atoms with Gasteiger partial charge in [0.2, 0.25) is 10.0 Å². The van der Waals surface area contributed by atoms with Crippen molar-refractivity contribution in [2.45, 2.75) is 31.7 Å². The van der Waals surface area contributed by atoms with Crippen molar-refractivity contribution in [1.29, 1.82) is 0 Å². The Balaban J connectivity index is 3.05. The second-order valence-corrected chi connectivity index (χ2v) is 6.12. The van der Waals surface area contributed by atoms with Gasteiger partial charge >= 0.3 is 0 Å². The molecule has 0 aliphatic heterocycles. The molecule has 1 atom stereocenters. The second-order valence-electron chi connectivity index (χ2n) is 4.41. The smallest absolute Gasteiger partial charge is 0.258 e. The van der Waals surface area contributed by atoms with Gasteiger partial charge in [-0.05, 0) is 18.9 Å². The number of nitrogens with zero attached hydrogens (tertiary/aromatic N) is 1. The molecule has 0 bridgehead atoms. The van der Waals surface area contributed by atoms with Crippen molar-refractivity contribution in [3.8, 4) is 0 Å². The number of nitrogens with one attached hydrogen (secondary N) is 1. The average molecular weight is 272 g/mol. The highest BCUT2D eigenvalue weighted by molar-refractivity contribution is 7.89. The molecule has 1 aromatic carbocycles. The fourth-order valence-corrected chi connectivity index (χ4v) is 2.64. The zero-order chi connectivity index (χ0) is 13.9. The number of benzene rings is 1. The Hall–Kier alpha value is -1.47. The normalized spacial score (nSPS) is 13.6. The molecule has 0 amide bonds. The summed E-state index contributed by atoms with van der Waals surface area (Å²) in [7, 11) is -3.71. The van der Waals surface area contributed by atoms with Gasteiger partial charge < -0.3 is 0 Å². The van der Waals surface area contributed by atoms with E-state index in [1.165, 1.54) is 18.2 Å². The molecule has 0 fully saturated rings. The highest BCUT2D eigenvalue weighted by Crippen LogP contribution is 2.18. The molecular formula is C11H16N2O4S. The molecule has 7 heteroatoms. The molecule has 0 unspecified atom stereocenters. The Labute approximate surface area is 106 Å². The van der Waals surface area contributed by atoms with E-state index < -0.39 is 14.9 Å². The number of nitro benzene ring substituents is 1. The third-order valence-corrected chi connectivity index (χ3v) is 4.24. The molecule has 6 nitrogen and oxygen atoms in total. The first-order valence-electron chi connectivity index (χ1n) is 5.51. The minimum atomic E-state index is -3.71. The first-order valence-corrected chi connectivity index (χ1v) is 6.99. The molecule has 0 aromatic heterocycles. The van der Waals surface area contributed by atoms with Gasteiger partial charge in [-0.15, -0.1) is 0 Å². The van der Waals surface area contributed by atoms with E-state index in [1.807, 2.05) is 13.8 Å². The molecule has 18 heavy (non-hydrogen) atoms. The molecule has 0 radical (unpaired) electrons. The number of rotatable bonds is 5. The maximum Gasteiger partial charge on any atom is 0.270 e. The molecule has 0 aliphatic carbocycles. The van der Waals surface area contributed by atoms with E-state index in [0.717, 1.165) is 6.07 Å². The molecule has 1 N–H and O–H groups in total. The molecule has 100 valence electrons. The molecule has 1 rings (SSSR count). The Morgan fingerprint density at radius 3 is 2.39 bits per heavy atom. The SMILES string of the molecule is CC(C)[C@@H](C)NS(=O)(=O)c1cccc([N+](=O)[O-])c1. The summed E-state index contributed by atoms with van der Waals surface area (Å²) >= 11 is 0. The van der Waals surface area contributed by atoms with Crippen molar-refractivity contribution in [1.82, 2.24) is 4.72 Å². The van der Waals surface area contributed by atoms with Gasteiger partial charge in [-0.3, -0.25) is 10.1 Å². The van der Waals surface area contributed by atoms with Gasteiger partial charge in [0.25, 0.3) is 5.69 Å². The number of sulfonamides is 1. The number of nitro groups is 1. The Morgan fingerprint density at radius 1 is 1.28 bits per heavy atom. The zero-order valence-electron chi connectivity index (χ0n) is 10.5. The van der Waals surface area contributed by atoms with Gasteiger partial charge in [-0.2, -0.15) is 0 Å². The fraction of sp³-hybridized carbons (Fsp3) is 0.455. The third kappa shape index (κ3) is 3.51. The van der Waals surface area contributed by atoms with Gasteiger partial charge in [0.15, 0.2) is 0 Å². The minimum Gasteiger partial charge on any atom is -0.258 e. The lowest BCUT2D eigenvalue weighted by Gasteiger charge is -2.17. The lowest BCUT2D eigenvalue weighted by atomic mass is 10.1. The van der Waals surface area contributed by atoms with Crippen molar-refractivity contribution >= 4 is 15.7 Å². The number of non-ortho nitro benzene ring substituents is 1. The van der Waals surface area contributed by atoms with Crippen LogP contribution in [0.25, 0.3) is 0 Å². The standard InChI is InChI=1S/C11H16N2O4S/c1-8(2)9(3)12-18(16,17)11-6-4-5-10(7-11)13(14)15/h4-9,12H,1-3H3/t9-/m1/s1. The van der Waals surface area contributed by atoms with Crippen LogP contribution < -0.4 is 4.72 Å². The van der Waals surface area contributed by atoms with E-state index in [9.17, 15) is 18.5 Å². The van der Waals surface area contributed by atoms with Crippen molar-refractivity contribution in [2.75, 3.05) is 0 Å². The van der Waals surface area contributed by atoms with E-state index in [2.05, 4.69) is 4.72 Å². The zero-order valence-corrected chi connectivity index (χ0v) is 11.3. The summed E-state index contributed by atoms with van der Waals surface area (Å²) in [6.45, 7) is 5.53. The largest absolute Gasteiger partial charge is 0.270 e. The van der Waals surface area contributed by atoms with Crippen LogP contribution in [0.3, 0.4) is 0 Å². The summed E-state index contributed by atoms with van der Waals surface area (Å²) in [6.07, 6.45) is 0. The van der Waals surface area contributed by atoms with E-state index in [-0.39, 0.29) is 22.5 Å². The lowest BCUT2D eigenvalue weighted by molar-refractivity contribution is -0.385. The van der Waals surface area contributed by atoms with Gasteiger partial charge in [0.05, 0.1) is 9.82 Å². The minimum absolute atomic E-state index is 0.0933. The second kappa shape index (κ2) is 5.45. The van der Waals surface area contributed by atoms with Gasteiger partial charge in [0.1, 0.15) is 0 Å². The fourth-order valence-electron chi connectivity index (χ4n) is 1.21. The molecule has 0 spiro atoms. The van der Waals surface area contributed by atoms with Crippen LogP contribution in [0.5, 0.6) is 0 Å². The van der Waals surface area contributed by atoms with Crippen LogP contribution in [-0.4, -0.2) is 19.4 Å². The van der Waals surface area contributed by atoms with Crippen LogP contribution in [0.4, 0.5) is 5.69 Å². The number of hydrogen-bond donors (Lipinski definition) is 1. The Morgan fingerprint density at radius 2 is 1.89 bits per heavy atom. The van der Waals surface area contributed by atoms with E-state index in [0.29, 0.717) is 0 Å². The summed E-state index contributed by atoms with van der Waals surface area (Å²) in [5, 5.41) is 10.6. The molecule has 0 saturated carbocycles. The van der Waals surface area contributed by atoms with Gasteiger partial charge in [-0.1, -0.05) is 19.9 Å². The van der Waals surface area contributed by atoms with Crippen LogP contribution in [-0.2, 0) is 10.0 Å². The predicted octanol–water partition coefficient (Wildman–Crippen LogP) is 1.92. The lowest BCUT2D eigenvalue weighted by Crippen LogP contribution is -2.36. The maximum absolute atomic E-state index is 12.0. The van der Waals surface area contributed by atoms with Gasteiger partial charge in [-0.25, -0.2) is 13.1 Å². The Kier molecular flexibility index (Phi) is 4.42. The average Bonchev–Trinajstić information content (AvgIpc) is 2.28. The maximum atomic E-state index is 12.0. The van der Waals surface area contributed by atoms with Crippen molar-refractivity contribution in [3.63, 3.8) is 0 Å². The van der Waals surface area contributed by atoms with Crippen LogP contribution in [0.1, 0.15) is 20.8 Å². The predicted molar refractivity (Wildman–Crippen MR) is 67.7 cm³/mol. The monoisotopic (exact) mass is 272 g/mol. The summed E-state index contributed by atoms with van der Waals surface area (Å²) in [5.74, 6) is 0.137. The van der Waals surface area contributed by atoms with Crippen LogP contribution in [0.15, 0.2) is 29.2 Å². The van der Waals surface area contributed by atoms with E-state index in [1.54, 1.807) is 6.92 Å². The van der Waals surface area contributed by atoms with Crippen LogP contribution >= 0.6 is 0 Å². The summed E-state index contributed by atoms with van der Waals surface area (Å²) in [5.41, 5.74) is -0.241. The highest BCUT2D eigenvalue weighted by atomic mass is 32.2. The van der Waals surface area contributed by atoms with Crippen LogP contribution in [0.2, 0.25) is 0 Å².